The van der Waals surface area contributed by atoms with Crippen LogP contribution in [-0.2, 0) is 4.79 Å². The van der Waals surface area contributed by atoms with E-state index in [0.29, 0.717) is 30.5 Å². The second-order valence-corrected chi connectivity index (χ2v) is 9.85. The third-order valence-corrected chi connectivity index (χ3v) is 7.59. The lowest BCUT2D eigenvalue weighted by Crippen LogP contribution is -2.51. The highest BCUT2D eigenvalue weighted by Gasteiger charge is 2.33. The summed E-state index contributed by atoms with van der Waals surface area (Å²) in [6, 6.07) is 7.79. The lowest BCUT2D eigenvalue weighted by molar-refractivity contribution is -0.139. The number of amides is 2. The van der Waals surface area contributed by atoms with Crippen LogP contribution in [0.1, 0.15) is 36.0 Å². The first-order chi connectivity index (χ1) is 16.7. The molecule has 0 bridgehead atoms. The maximum absolute atomic E-state index is 13.3. The van der Waals surface area contributed by atoms with E-state index in [-0.39, 0.29) is 11.8 Å². The zero-order valence-electron chi connectivity index (χ0n) is 19.8. The first-order valence-corrected chi connectivity index (χ1v) is 12.7. The average molecular weight is 466 g/mol. The minimum Gasteiger partial charge on any atom is -0.472 e. The topological polar surface area (TPSA) is 73.1 Å². The molecule has 2 aromatic rings. The summed E-state index contributed by atoms with van der Waals surface area (Å²) in [5, 5.41) is 0. The lowest BCUT2D eigenvalue weighted by Gasteiger charge is -2.41. The van der Waals surface area contributed by atoms with E-state index in [4.69, 9.17) is 4.42 Å². The Morgan fingerprint density at radius 2 is 1.76 bits per heavy atom. The fourth-order valence-corrected chi connectivity index (χ4v) is 5.64. The smallest absolute Gasteiger partial charge is 0.257 e. The third kappa shape index (κ3) is 5.27. The molecule has 3 aliphatic rings. The molecule has 2 amide bonds. The van der Waals surface area contributed by atoms with Gasteiger partial charge < -0.3 is 19.1 Å². The fourth-order valence-electron chi connectivity index (χ4n) is 5.64. The van der Waals surface area contributed by atoms with Crippen LogP contribution in [0.25, 0.3) is 0 Å². The number of hydrogen-bond acceptors (Lipinski definition) is 6. The van der Waals surface area contributed by atoms with Gasteiger partial charge in [-0.3, -0.25) is 14.5 Å². The number of piperidine rings is 2. The summed E-state index contributed by atoms with van der Waals surface area (Å²) < 4.78 is 5.04. The Morgan fingerprint density at radius 1 is 0.941 bits per heavy atom. The van der Waals surface area contributed by atoms with E-state index >= 15 is 0 Å². The molecular formula is C26H35N5O3. The maximum Gasteiger partial charge on any atom is 0.257 e. The van der Waals surface area contributed by atoms with Crippen molar-refractivity contribution in [2.24, 2.45) is 11.8 Å². The summed E-state index contributed by atoms with van der Waals surface area (Å²) in [6.07, 6.45) is 8.65. The van der Waals surface area contributed by atoms with E-state index in [9.17, 15) is 9.59 Å². The summed E-state index contributed by atoms with van der Waals surface area (Å²) in [7, 11) is 0. The molecule has 0 spiro atoms. The average Bonchev–Trinajstić information content (AvgIpc) is 3.44. The van der Waals surface area contributed by atoms with Crippen molar-refractivity contribution in [1.82, 2.24) is 19.7 Å². The summed E-state index contributed by atoms with van der Waals surface area (Å²) in [5.41, 5.74) is 0.588. The number of hydrogen-bond donors (Lipinski definition) is 0. The molecule has 1 unspecified atom stereocenters. The molecule has 8 heteroatoms. The van der Waals surface area contributed by atoms with Gasteiger partial charge in [-0.1, -0.05) is 6.07 Å². The van der Waals surface area contributed by atoms with Crippen LogP contribution in [0.3, 0.4) is 0 Å². The fraction of sp³-hybridized carbons (Fsp3) is 0.577. The van der Waals surface area contributed by atoms with E-state index in [1.54, 1.807) is 6.07 Å². The molecule has 3 saturated heterocycles. The Balaban J connectivity index is 1.07. The van der Waals surface area contributed by atoms with Gasteiger partial charge in [0.15, 0.2) is 0 Å². The summed E-state index contributed by atoms with van der Waals surface area (Å²) in [6.45, 7) is 8.18. The van der Waals surface area contributed by atoms with Crippen molar-refractivity contribution in [1.29, 1.82) is 0 Å². The number of pyridine rings is 1. The molecular weight excluding hydrogens is 430 g/mol. The monoisotopic (exact) mass is 465 g/mol. The SMILES string of the molecule is O=C(c1ccoc1)N1CCC(C(=O)N2CCCC(CN3CCN(c4ccccn4)CC3)C2)CC1. The molecule has 3 fully saturated rings. The van der Waals surface area contributed by atoms with Gasteiger partial charge in [0.2, 0.25) is 5.91 Å². The van der Waals surface area contributed by atoms with E-state index in [1.807, 2.05) is 23.2 Å². The van der Waals surface area contributed by atoms with Crippen LogP contribution in [0.4, 0.5) is 5.82 Å². The normalized spacial score (nSPS) is 22.7. The number of aromatic nitrogens is 1. The Kier molecular flexibility index (Phi) is 7.13. The molecule has 8 nitrogen and oxygen atoms in total. The standard InChI is InChI=1S/C26H35N5O3/c32-25(22-6-11-30(12-7-22)26(33)23-8-17-34-20-23)31-10-3-4-21(19-31)18-28-13-15-29(16-14-28)24-5-1-2-9-27-24/h1-2,5,8-9,17,20-22H,3-4,6-7,10-16,18-19H2. The van der Waals surface area contributed by atoms with E-state index in [2.05, 4.69) is 25.8 Å². The lowest BCUT2D eigenvalue weighted by atomic mass is 9.91. The van der Waals surface area contributed by atoms with Crippen molar-refractivity contribution >= 4 is 17.6 Å². The minimum atomic E-state index is 0.000767. The number of anilines is 1. The van der Waals surface area contributed by atoms with Crippen LogP contribution in [0, 0.1) is 11.8 Å². The molecule has 34 heavy (non-hydrogen) atoms. The first kappa shape index (κ1) is 22.9. The number of furan rings is 1. The van der Waals surface area contributed by atoms with E-state index < -0.39 is 0 Å². The second-order valence-electron chi connectivity index (χ2n) is 9.85. The van der Waals surface area contributed by atoms with Crippen molar-refractivity contribution in [2.75, 3.05) is 63.8 Å². The molecule has 2 aromatic heterocycles. The molecule has 0 aliphatic carbocycles. The molecule has 0 saturated carbocycles. The third-order valence-electron chi connectivity index (χ3n) is 7.59. The van der Waals surface area contributed by atoms with Gasteiger partial charge in [0.1, 0.15) is 12.1 Å². The predicted molar refractivity (Wildman–Crippen MR) is 130 cm³/mol. The zero-order valence-corrected chi connectivity index (χ0v) is 19.8. The number of rotatable bonds is 5. The molecule has 3 aliphatic heterocycles. The Morgan fingerprint density at radius 3 is 2.47 bits per heavy atom. The molecule has 0 radical (unpaired) electrons. The van der Waals surface area contributed by atoms with Gasteiger partial charge in [0.05, 0.1) is 11.8 Å². The van der Waals surface area contributed by atoms with Crippen molar-refractivity contribution in [3.63, 3.8) is 0 Å². The Hall–Kier alpha value is -2.87. The maximum atomic E-state index is 13.3. The summed E-state index contributed by atoms with van der Waals surface area (Å²) >= 11 is 0. The van der Waals surface area contributed by atoms with Gasteiger partial charge in [-0.25, -0.2) is 4.98 Å². The summed E-state index contributed by atoms with van der Waals surface area (Å²) in [4.78, 5) is 39.2. The van der Waals surface area contributed by atoms with Gasteiger partial charge in [0, 0.05) is 71.0 Å². The molecule has 0 N–H and O–H groups in total. The summed E-state index contributed by atoms with van der Waals surface area (Å²) in [5.74, 6) is 1.94. The Labute approximate surface area is 201 Å². The van der Waals surface area contributed by atoms with Crippen molar-refractivity contribution in [3.8, 4) is 0 Å². The van der Waals surface area contributed by atoms with Crippen LogP contribution in [-0.4, -0.2) is 90.4 Å². The van der Waals surface area contributed by atoms with E-state index in [1.165, 1.54) is 18.9 Å². The number of piperazine rings is 1. The molecule has 5 rings (SSSR count). The number of carbonyl (C=O) groups is 2. The van der Waals surface area contributed by atoms with Crippen molar-refractivity contribution in [3.05, 3.63) is 48.6 Å². The zero-order chi connectivity index (χ0) is 23.3. The number of likely N-dealkylation sites (tertiary alicyclic amines) is 2. The molecule has 0 aromatic carbocycles. The highest BCUT2D eigenvalue weighted by Crippen LogP contribution is 2.25. The van der Waals surface area contributed by atoms with Gasteiger partial charge in [-0.2, -0.15) is 0 Å². The van der Waals surface area contributed by atoms with Gasteiger partial charge in [-0.05, 0) is 49.8 Å². The second kappa shape index (κ2) is 10.6. The van der Waals surface area contributed by atoms with Crippen LogP contribution in [0.2, 0.25) is 0 Å². The van der Waals surface area contributed by atoms with Gasteiger partial charge in [-0.15, -0.1) is 0 Å². The molecule has 5 heterocycles. The van der Waals surface area contributed by atoms with E-state index in [0.717, 1.165) is 70.9 Å². The molecule has 1 atom stereocenters. The van der Waals surface area contributed by atoms with Crippen LogP contribution in [0.5, 0.6) is 0 Å². The van der Waals surface area contributed by atoms with Crippen LogP contribution in [0.15, 0.2) is 47.4 Å². The van der Waals surface area contributed by atoms with Gasteiger partial charge >= 0.3 is 0 Å². The molecule has 182 valence electrons. The highest BCUT2D eigenvalue weighted by atomic mass is 16.3. The van der Waals surface area contributed by atoms with Crippen LogP contribution < -0.4 is 4.90 Å². The number of carbonyl (C=O) groups excluding carboxylic acids is 2. The minimum absolute atomic E-state index is 0.000767. The number of nitrogens with zero attached hydrogens (tertiary/aromatic N) is 5. The Bertz CT molecular complexity index is 935. The predicted octanol–water partition coefficient (Wildman–Crippen LogP) is 2.59. The largest absolute Gasteiger partial charge is 0.472 e. The highest BCUT2D eigenvalue weighted by molar-refractivity contribution is 5.94. The van der Waals surface area contributed by atoms with Crippen molar-refractivity contribution in [2.45, 2.75) is 25.7 Å². The van der Waals surface area contributed by atoms with Gasteiger partial charge in [0.25, 0.3) is 5.91 Å². The van der Waals surface area contributed by atoms with Crippen molar-refractivity contribution < 1.29 is 14.0 Å². The first-order valence-electron chi connectivity index (χ1n) is 12.7. The van der Waals surface area contributed by atoms with Crippen LogP contribution >= 0.6 is 0 Å². The quantitative estimate of drug-likeness (QED) is 0.676.